The minimum atomic E-state index is -0.435. The zero-order valence-electron chi connectivity index (χ0n) is 14.0. The lowest BCUT2D eigenvalue weighted by Crippen LogP contribution is -2.39. The molecule has 3 rings (SSSR count). The molecule has 0 spiro atoms. The first kappa shape index (κ1) is 17.4. The van der Waals surface area contributed by atoms with Gasteiger partial charge in [0.05, 0.1) is 21.3 Å². The van der Waals surface area contributed by atoms with Crippen LogP contribution in [0, 0.1) is 23.0 Å². The van der Waals surface area contributed by atoms with Gasteiger partial charge < -0.3 is 9.64 Å². The van der Waals surface area contributed by atoms with E-state index < -0.39 is 4.92 Å². The number of thiophene rings is 1. The minimum absolute atomic E-state index is 0.0273. The third-order valence-electron chi connectivity index (χ3n) is 4.43. The average molecular weight is 360 g/mol. The first-order valence-corrected chi connectivity index (χ1v) is 9.08. The van der Waals surface area contributed by atoms with Crippen LogP contribution in [0.1, 0.15) is 27.4 Å². The average Bonchev–Trinajstić information content (AvgIpc) is 3.03. The van der Waals surface area contributed by atoms with Gasteiger partial charge in [0.25, 0.3) is 11.6 Å². The van der Waals surface area contributed by atoms with E-state index >= 15 is 0 Å². The van der Waals surface area contributed by atoms with Crippen molar-refractivity contribution < 1.29 is 14.5 Å². The Bertz CT molecular complexity index is 752. The molecule has 0 saturated carbocycles. The quantitative estimate of drug-likeness (QED) is 0.599. The predicted octanol–water partition coefficient (Wildman–Crippen LogP) is 3.90. The smallest absolute Gasteiger partial charge is 0.283 e. The zero-order valence-corrected chi connectivity index (χ0v) is 14.8. The maximum absolute atomic E-state index is 12.6. The van der Waals surface area contributed by atoms with Crippen LogP contribution in [-0.4, -0.2) is 35.4 Å². The van der Waals surface area contributed by atoms with Gasteiger partial charge in [0.2, 0.25) is 0 Å². The van der Waals surface area contributed by atoms with Crippen molar-refractivity contribution in [2.75, 3.05) is 19.7 Å². The van der Waals surface area contributed by atoms with Crippen molar-refractivity contribution in [1.29, 1.82) is 0 Å². The Balaban J connectivity index is 1.52. The third kappa shape index (κ3) is 4.17. The molecule has 25 heavy (non-hydrogen) atoms. The molecule has 1 aromatic carbocycles. The number of carbonyl (C=O) groups is 1. The van der Waals surface area contributed by atoms with Crippen LogP contribution >= 0.6 is 11.3 Å². The largest absolute Gasteiger partial charge is 0.493 e. The number of hydrogen-bond acceptors (Lipinski definition) is 5. The van der Waals surface area contributed by atoms with Crippen molar-refractivity contribution in [3.05, 3.63) is 56.3 Å². The Labute approximate surface area is 150 Å². The Kier molecular flexibility index (Phi) is 5.33. The Hall–Kier alpha value is -2.41. The van der Waals surface area contributed by atoms with Crippen LogP contribution in [0.25, 0.3) is 0 Å². The summed E-state index contributed by atoms with van der Waals surface area (Å²) < 4.78 is 5.79. The van der Waals surface area contributed by atoms with E-state index in [0.29, 0.717) is 35.4 Å². The van der Waals surface area contributed by atoms with Crippen LogP contribution < -0.4 is 4.74 Å². The molecule has 1 fully saturated rings. The third-order valence-corrected chi connectivity index (χ3v) is 5.46. The number of carbonyl (C=O) groups excluding carboxylic acids is 1. The number of aryl methyl sites for hydroxylation is 1. The number of ether oxygens (including phenoxy) is 1. The summed E-state index contributed by atoms with van der Waals surface area (Å²) in [6.07, 6.45) is 1.76. The van der Waals surface area contributed by atoms with E-state index in [1.807, 2.05) is 30.3 Å². The highest BCUT2D eigenvalue weighted by Crippen LogP contribution is 2.30. The molecule has 0 N–H and O–H groups in total. The van der Waals surface area contributed by atoms with Gasteiger partial charge in [-0.05, 0) is 37.8 Å². The summed E-state index contributed by atoms with van der Waals surface area (Å²) in [5, 5.41) is 10.9. The molecule has 1 aromatic heterocycles. The normalized spacial score (nSPS) is 15.2. The number of likely N-dealkylation sites (tertiary alicyclic amines) is 1. The van der Waals surface area contributed by atoms with Gasteiger partial charge in [-0.2, -0.15) is 0 Å². The second-order valence-corrected chi connectivity index (χ2v) is 7.43. The van der Waals surface area contributed by atoms with Crippen LogP contribution in [-0.2, 0) is 0 Å². The predicted molar refractivity (Wildman–Crippen MR) is 96.3 cm³/mol. The lowest BCUT2D eigenvalue weighted by atomic mass is 9.97. The van der Waals surface area contributed by atoms with E-state index in [0.717, 1.165) is 18.6 Å². The van der Waals surface area contributed by atoms with E-state index in [2.05, 4.69) is 0 Å². The number of piperidine rings is 1. The fourth-order valence-corrected chi connectivity index (χ4v) is 3.90. The Morgan fingerprint density at radius 1 is 1.32 bits per heavy atom. The fourth-order valence-electron chi connectivity index (χ4n) is 2.95. The molecule has 0 aliphatic carbocycles. The molecule has 0 radical (unpaired) electrons. The van der Waals surface area contributed by atoms with Gasteiger partial charge in [-0.25, -0.2) is 0 Å². The Morgan fingerprint density at radius 3 is 2.60 bits per heavy atom. The number of nitrogens with zero attached hydrogens (tertiary/aromatic N) is 2. The number of amides is 1. The first-order chi connectivity index (χ1) is 12.0. The van der Waals surface area contributed by atoms with E-state index in [4.69, 9.17) is 4.74 Å². The highest BCUT2D eigenvalue weighted by atomic mass is 32.1. The van der Waals surface area contributed by atoms with Crippen LogP contribution in [0.3, 0.4) is 0 Å². The highest BCUT2D eigenvalue weighted by molar-refractivity contribution is 7.14. The van der Waals surface area contributed by atoms with Crippen molar-refractivity contribution in [2.24, 2.45) is 5.92 Å². The summed E-state index contributed by atoms with van der Waals surface area (Å²) in [4.78, 5) is 25.9. The molecule has 2 heterocycles. The van der Waals surface area contributed by atoms with E-state index in [1.165, 1.54) is 17.4 Å². The number of hydrogen-bond donors (Lipinski definition) is 0. The maximum atomic E-state index is 12.6. The maximum Gasteiger partial charge on any atom is 0.283 e. The minimum Gasteiger partial charge on any atom is -0.493 e. The molecule has 2 aromatic rings. The van der Waals surface area contributed by atoms with Crippen LogP contribution in [0.4, 0.5) is 5.69 Å². The number of para-hydroxylation sites is 1. The summed E-state index contributed by atoms with van der Waals surface area (Å²) in [6, 6.07) is 11.1. The molecule has 132 valence electrons. The topological polar surface area (TPSA) is 72.7 Å². The van der Waals surface area contributed by atoms with E-state index in [-0.39, 0.29) is 11.6 Å². The second kappa shape index (κ2) is 7.65. The van der Waals surface area contributed by atoms with Gasteiger partial charge in [-0.1, -0.05) is 18.2 Å². The molecule has 1 aliphatic heterocycles. The molecular weight excluding hydrogens is 340 g/mol. The van der Waals surface area contributed by atoms with Crippen LogP contribution in [0.5, 0.6) is 5.75 Å². The molecule has 0 bridgehead atoms. The molecular formula is C18H20N2O4S. The van der Waals surface area contributed by atoms with Crippen molar-refractivity contribution in [2.45, 2.75) is 19.8 Å². The van der Waals surface area contributed by atoms with Gasteiger partial charge in [-0.15, -0.1) is 11.3 Å². The number of benzene rings is 1. The van der Waals surface area contributed by atoms with E-state index in [1.54, 1.807) is 11.8 Å². The van der Waals surface area contributed by atoms with Crippen molar-refractivity contribution in [3.63, 3.8) is 0 Å². The van der Waals surface area contributed by atoms with Crippen molar-refractivity contribution >= 4 is 22.9 Å². The molecule has 1 saturated heterocycles. The molecule has 0 atom stereocenters. The van der Waals surface area contributed by atoms with Crippen LogP contribution in [0.2, 0.25) is 0 Å². The van der Waals surface area contributed by atoms with Crippen molar-refractivity contribution in [1.82, 2.24) is 4.90 Å². The number of nitro groups is 1. The highest BCUT2D eigenvalue weighted by Gasteiger charge is 2.27. The van der Waals surface area contributed by atoms with Gasteiger partial charge in [-0.3, -0.25) is 14.9 Å². The van der Waals surface area contributed by atoms with E-state index in [9.17, 15) is 14.9 Å². The van der Waals surface area contributed by atoms with Crippen molar-refractivity contribution in [3.8, 4) is 5.75 Å². The summed E-state index contributed by atoms with van der Waals surface area (Å²) in [5.41, 5.74) is 0.0273. The van der Waals surface area contributed by atoms with Gasteiger partial charge in [0.15, 0.2) is 0 Å². The molecule has 1 aliphatic rings. The summed E-state index contributed by atoms with van der Waals surface area (Å²) >= 11 is 1.20. The Morgan fingerprint density at radius 2 is 2.00 bits per heavy atom. The lowest BCUT2D eigenvalue weighted by Gasteiger charge is -2.31. The van der Waals surface area contributed by atoms with Gasteiger partial charge in [0, 0.05) is 19.2 Å². The monoisotopic (exact) mass is 360 g/mol. The molecule has 7 heteroatoms. The molecule has 1 amide bonds. The summed E-state index contributed by atoms with van der Waals surface area (Å²) in [6.45, 7) is 3.64. The molecule has 6 nitrogen and oxygen atoms in total. The summed E-state index contributed by atoms with van der Waals surface area (Å²) in [5.74, 6) is 1.18. The summed E-state index contributed by atoms with van der Waals surface area (Å²) in [7, 11) is 0. The fraction of sp³-hybridized carbons (Fsp3) is 0.389. The molecule has 0 unspecified atom stereocenters. The first-order valence-electron chi connectivity index (χ1n) is 8.26. The number of rotatable bonds is 5. The van der Waals surface area contributed by atoms with Crippen LogP contribution in [0.15, 0.2) is 36.4 Å². The van der Waals surface area contributed by atoms with Gasteiger partial charge >= 0.3 is 0 Å². The van der Waals surface area contributed by atoms with Gasteiger partial charge in [0.1, 0.15) is 5.75 Å². The second-order valence-electron chi connectivity index (χ2n) is 6.17. The SMILES string of the molecule is Cc1sc(C(=O)N2CCC(COc3ccccc3)CC2)cc1[N+](=O)[O-]. The zero-order chi connectivity index (χ0) is 17.8. The lowest BCUT2D eigenvalue weighted by molar-refractivity contribution is -0.385. The standard InChI is InChI=1S/C18H20N2O4S/c1-13-16(20(22)23)11-17(25-13)18(21)19-9-7-14(8-10-19)12-24-15-5-3-2-4-6-15/h2-6,11,14H,7-10,12H2,1H3.